The molecule has 0 aliphatic heterocycles. The van der Waals surface area contributed by atoms with Gasteiger partial charge in [-0.3, -0.25) is 9.52 Å². The summed E-state index contributed by atoms with van der Waals surface area (Å²) in [6.07, 6.45) is -0.250. The highest BCUT2D eigenvalue weighted by Crippen LogP contribution is 2.19. The summed E-state index contributed by atoms with van der Waals surface area (Å²) in [5, 5.41) is 8.91. The average Bonchev–Trinajstić information content (AvgIpc) is 2.39. The fourth-order valence-corrected chi connectivity index (χ4v) is 2.46. The smallest absolute Gasteiger partial charge is 0.306 e. The number of nitrogens with one attached hydrogen (secondary N) is 1. The van der Waals surface area contributed by atoms with Gasteiger partial charge in [0.25, 0.3) is 0 Å². The Morgan fingerprint density at radius 1 is 1.50 bits per heavy atom. The topological polar surface area (TPSA) is 122 Å². The van der Waals surface area contributed by atoms with E-state index in [4.69, 9.17) is 11.0 Å². The number of carbonyl (C=O) groups is 1. The first-order valence-corrected chi connectivity index (χ1v) is 7.49. The number of hydrogen-bond acceptors (Lipinski definition) is 6. The first-order chi connectivity index (χ1) is 9.38. The molecule has 20 heavy (non-hydrogen) atoms. The van der Waals surface area contributed by atoms with Crippen molar-refractivity contribution in [1.29, 1.82) is 5.26 Å². The van der Waals surface area contributed by atoms with Crippen molar-refractivity contribution in [3.63, 3.8) is 0 Å². The SMILES string of the molecule is CCOC(=O)CCS(=O)(=O)Nc1ccc(N)cc1C#N. The van der Waals surface area contributed by atoms with E-state index in [1.807, 2.05) is 6.07 Å². The molecule has 0 saturated heterocycles. The normalized spacial score (nSPS) is 10.6. The predicted octanol–water partition coefficient (Wildman–Crippen LogP) is 0.835. The summed E-state index contributed by atoms with van der Waals surface area (Å²) in [7, 11) is -3.74. The molecule has 0 bridgehead atoms. The number of nitriles is 1. The molecular formula is C12H15N3O4S. The van der Waals surface area contributed by atoms with Crippen LogP contribution in [0.5, 0.6) is 0 Å². The largest absolute Gasteiger partial charge is 0.466 e. The summed E-state index contributed by atoms with van der Waals surface area (Å²) in [5.74, 6) is -1.00. The van der Waals surface area contributed by atoms with Crippen molar-refractivity contribution in [2.45, 2.75) is 13.3 Å². The second-order valence-corrected chi connectivity index (χ2v) is 5.73. The van der Waals surface area contributed by atoms with Crippen molar-refractivity contribution < 1.29 is 17.9 Å². The zero-order chi connectivity index (χ0) is 15.2. The standard InChI is InChI=1S/C12H15N3O4S/c1-2-19-12(16)5-6-20(17,18)15-11-4-3-10(14)7-9(11)8-13/h3-4,7,15H,2,5-6,14H2,1H3. The van der Waals surface area contributed by atoms with Crippen molar-refractivity contribution in [3.8, 4) is 6.07 Å². The second-order valence-electron chi connectivity index (χ2n) is 3.89. The van der Waals surface area contributed by atoms with Gasteiger partial charge in [0, 0.05) is 5.69 Å². The molecule has 1 aromatic carbocycles. The highest BCUT2D eigenvalue weighted by atomic mass is 32.2. The quantitative estimate of drug-likeness (QED) is 0.592. The molecule has 0 spiro atoms. The van der Waals surface area contributed by atoms with Gasteiger partial charge >= 0.3 is 5.97 Å². The minimum atomic E-state index is -3.74. The van der Waals surface area contributed by atoms with E-state index < -0.39 is 21.7 Å². The number of carbonyl (C=O) groups excluding carboxylic acids is 1. The molecule has 0 fully saturated rings. The van der Waals surface area contributed by atoms with Gasteiger partial charge in [0.15, 0.2) is 0 Å². The van der Waals surface area contributed by atoms with E-state index in [1.165, 1.54) is 18.2 Å². The Bertz CT molecular complexity index is 635. The van der Waals surface area contributed by atoms with E-state index >= 15 is 0 Å². The first kappa shape index (κ1) is 15.8. The number of esters is 1. The molecule has 3 N–H and O–H groups in total. The first-order valence-electron chi connectivity index (χ1n) is 5.83. The summed E-state index contributed by atoms with van der Waals surface area (Å²) < 4.78 is 30.5. The Labute approximate surface area is 117 Å². The zero-order valence-corrected chi connectivity index (χ0v) is 11.7. The maximum absolute atomic E-state index is 11.8. The van der Waals surface area contributed by atoms with E-state index in [9.17, 15) is 13.2 Å². The molecule has 0 saturated carbocycles. The van der Waals surface area contributed by atoms with E-state index in [-0.39, 0.29) is 24.3 Å². The van der Waals surface area contributed by atoms with E-state index in [0.29, 0.717) is 5.69 Å². The lowest BCUT2D eigenvalue weighted by atomic mass is 10.2. The van der Waals surface area contributed by atoms with Crippen LogP contribution >= 0.6 is 0 Å². The number of sulfonamides is 1. The molecule has 0 atom stereocenters. The van der Waals surface area contributed by atoms with Crippen LogP contribution in [-0.2, 0) is 19.6 Å². The fraction of sp³-hybridized carbons (Fsp3) is 0.333. The fourth-order valence-electron chi connectivity index (χ4n) is 1.41. The van der Waals surface area contributed by atoms with Crippen LogP contribution in [-0.4, -0.2) is 26.7 Å². The summed E-state index contributed by atoms with van der Waals surface area (Å²) in [6.45, 7) is 1.83. The maximum atomic E-state index is 11.8. The van der Waals surface area contributed by atoms with E-state index in [0.717, 1.165) is 0 Å². The molecule has 0 heterocycles. The predicted molar refractivity (Wildman–Crippen MR) is 74.2 cm³/mol. The molecule has 0 amide bonds. The number of hydrogen-bond donors (Lipinski definition) is 2. The molecule has 8 heteroatoms. The summed E-state index contributed by atoms with van der Waals surface area (Å²) >= 11 is 0. The Hall–Kier alpha value is -2.27. The summed E-state index contributed by atoms with van der Waals surface area (Å²) in [6, 6.07) is 6.08. The lowest BCUT2D eigenvalue weighted by molar-refractivity contribution is -0.142. The molecule has 1 aromatic rings. The summed E-state index contributed by atoms with van der Waals surface area (Å²) in [5.41, 5.74) is 6.11. The van der Waals surface area contributed by atoms with Gasteiger partial charge in [-0.25, -0.2) is 8.42 Å². The maximum Gasteiger partial charge on any atom is 0.306 e. The lowest BCUT2D eigenvalue weighted by Crippen LogP contribution is -2.20. The van der Waals surface area contributed by atoms with Crippen molar-refractivity contribution in [1.82, 2.24) is 0 Å². The minimum absolute atomic E-state index is 0.115. The van der Waals surface area contributed by atoms with Gasteiger partial charge in [-0.2, -0.15) is 5.26 Å². The van der Waals surface area contributed by atoms with Gasteiger partial charge in [0.1, 0.15) is 6.07 Å². The highest BCUT2D eigenvalue weighted by Gasteiger charge is 2.16. The van der Waals surface area contributed by atoms with Crippen molar-refractivity contribution in [3.05, 3.63) is 23.8 Å². The van der Waals surface area contributed by atoms with Crippen molar-refractivity contribution in [2.24, 2.45) is 0 Å². The molecule has 0 aliphatic rings. The van der Waals surface area contributed by atoms with Gasteiger partial charge in [0.05, 0.1) is 30.0 Å². The van der Waals surface area contributed by atoms with Crippen LogP contribution in [0.3, 0.4) is 0 Å². The minimum Gasteiger partial charge on any atom is -0.466 e. The number of rotatable bonds is 6. The van der Waals surface area contributed by atoms with E-state index in [1.54, 1.807) is 6.92 Å². The lowest BCUT2D eigenvalue weighted by Gasteiger charge is -2.09. The van der Waals surface area contributed by atoms with E-state index in [2.05, 4.69) is 9.46 Å². The van der Waals surface area contributed by atoms with Gasteiger partial charge in [-0.05, 0) is 25.1 Å². The third kappa shape index (κ3) is 4.78. The molecule has 0 radical (unpaired) electrons. The Balaban J connectivity index is 2.77. The zero-order valence-electron chi connectivity index (χ0n) is 10.9. The van der Waals surface area contributed by atoms with Crippen LogP contribution in [0.15, 0.2) is 18.2 Å². The van der Waals surface area contributed by atoms with Gasteiger partial charge in [-0.15, -0.1) is 0 Å². The number of nitrogens with two attached hydrogens (primary N) is 1. The Morgan fingerprint density at radius 2 is 2.20 bits per heavy atom. The highest BCUT2D eigenvalue weighted by molar-refractivity contribution is 7.92. The monoisotopic (exact) mass is 297 g/mol. The summed E-state index contributed by atoms with van der Waals surface area (Å²) in [4.78, 5) is 11.1. The van der Waals surface area contributed by atoms with Crippen LogP contribution in [0.1, 0.15) is 18.9 Å². The van der Waals surface area contributed by atoms with Crippen LogP contribution < -0.4 is 10.5 Å². The second kappa shape index (κ2) is 6.77. The van der Waals surface area contributed by atoms with Crippen molar-refractivity contribution in [2.75, 3.05) is 22.8 Å². The third-order valence-electron chi connectivity index (χ3n) is 2.31. The number of nitrogen functional groups attached to an aromatic ring is 1. The molecule has 108 valence electrons. The van der Waals surface area contributed by atoms with Crippen LogP contribution in [0.4, 0.5) is 11.4 Å². The molecule has 1 rings (SSSR count). The average molecular weight is 297 g/mol. The van der Waals surface area contributed by atoms with Crippen LogP contribution in [0, 0.1) is 11.3 Å². The molecule has 0 unspecified atom stereocenters. The third-order valence-corrected chi connectivity index (χ3v) is 3.58. The Kier molecular flexibility index (Phi) is 5.34. The Morgan fingerprint density at radius 3 is 2.80 bits per heavy atom. The molecular weight excluding hydrogens is 282 g/mol. The molecule has 0 aromatic heterocycles. The number of ether oxygens (including phenoxy) is 1. The van der Waals surface area contributed by atoms with Crippen molar-refractivity contribution >= 4 is 27.4 Å². The van der Waals surface area contributed by atoms with Gasteiger partial charge in [-0.1, -0.05) is 0 Å². The van der Waals surface area contributed by atoms with Crippen LogP contribution in [0.2, 0.25) is 0 Å². The van der Waals surface area contributed by atoms with Gasteiger partial charge in [0.2, 0.25) is 10.0 Å². The number of nitrogens with zero attached hydrogens (tertiary/aromatic N) is 1. The molecule has 0 aliphatic carbocycles. The number of anilines is 2. The molecule has 7 nitrogen and oxygen atoms in total. The number of benzene rings is 1. The van der Waals surface area contributed by atoms with Gasteiger partial charge < -0.3 is 10.5 Å². The van der Waals surface area contributed by atoms with Crippen LogP contribution in [0.25, 0.3) is 0 Å².